The first-order valence-electron chi connectivity index (χ1n) is 9.21. The van der Waals surface area contributed by atoms with Crippen LogP contribution >= 0.6 is 11.3 Å². The fraction of sp³-hybridized carbons (Fsp3) is 0.300. The average molecular weight is 395 g/mol. The minimum Gasteiger partial charge on any atom is -0.350 e. The molecule has 1 fully saturated rings. The summed E-state index contributed by atoms with van der Waals surface area (Å²) in [5.74, 6) is 1.44. The Morgan fingerprint density at radius 3 is 2.93 bits per heavy atom. The Hall–Kier alpha value is -3.00. The van der Waals surface area contributed by atoms with Crippen LogP contribution in [0.5, 0.6) is 0 Å². The Morgan fingerprint density at radius 1 is 1.29 bits per heavy atom. The average Bonchev–Trinajstić information content (AvgIpc) is 3.46. The molecule has 0 bridgehead atoms. The van der Waals surface area contributed by atoms with Gasteiger partial charge in [0.15, 0.2) is 0 Å². The van der Waals surface area contributed by atoms with Crippen molar-refractivity contribution < 1.29 is 9.59 Å². The zero-order chi connectivity index (χ0) is 19.5. The molecule has 4 heterocycles. The molecule has 0 saturated carbocycles. The van der Waals surface area contributed by atoms with Gasteiger partial charge >= 0.3 is 0 Å². The fourth-order valence-corrected chi connectivity index (χ4v) is 4.13. The molecule has 0 aliphatic carbocycles. The summed E-state index contributed by atoms with van der Waals surface area (Å²) in [6.45, 7) is 2.92. The van der Waals surface area contributed by atoms with Crippen molar-refractivity contribution >= 4 is 23.2 Å². The lowest BCUT2D eigenvalue weighted by molar-refractivity contribution is -0.125. The van der Waals surface area contributed by atoms with E-state index >= 15 is 0 Å². The summed E-state index contributed by atoms with van der Waals surface area (Å²) in [5.41, 5.74) is 0.945. The van der Waals surface area contributed by atoms with Crippen LogP contribution in [0.4, 0.5) is 0 Å². The minimum absolute atomic E-state index is 0.0607. The van der Waals surface area contributed by atoms with Gasteiger partial charge in [0.25, 0.3) is 5.91 Å². The first kappa shape index (κ1) is 18.4. The van der Waals surface area contributed by atoms with E-state index in [0.29, 0.717) is 24.4 Å². The second kappa shape index (κ2) is 7.93. The molecule has 4 rings (SSSR count). The Balaban J connectivity index is 1.42. The second-order valence-corrected chi connectivity index (χ2v) is 7.67. The lowest BCUT2D eigenvalue weighted by atomic mass is 10.2. The molecule has 0 aromatic carbocycles. The molecule has 2 amide bonds. The minimum atomic E-state index is -0.410. The Morgan fingerprint density at radius 2 is 2.18 bits per heavy atom. The van der Waals surface area contributed by atoms with E-state index in [4.69, 9.17) is 0 Å². The van der Waals surface area contributed by atoms with Crippen LogP contribution in [0.3, 0.4) is 0 Å². The van der Waals surface area contributed by atoms with Crippen molar-refractivity contribution in [1.82, 2.24) is 24.8 Å². The first-order chi connectivity index (χ1) is 13.6. The zero-order valence-electron chi connectivity index (χ0n) is 15.5. The molecule has 1 aliphatic rings. The zero-order valence-corrected chi connectivity index (χ0v) is 16.4. The predicted octanol–water partition coefficient (Wildman–Crippen LogP) is 2.56. The predicted molar refractivity (Wildman–Crippen MR) is 106 cm³/mol. The largest absolute Gasteiger partial charge is 0.350 e. The van der Waals surface area contributed by atoms with Crippen molar-refractivity contribution in [3.05, 3.63) is 64.5 Å². The number of thiophene rings is 1. The van der Waals surface area contributed by atoms with Crippen molar-refractivity contribution in [2.24, 2.45) is 0 Å². The van der Waals surface area contributed by atoms with E-state index in [1.807, 2.05) is 41.3 Å². The highest BCUT2D eigenvalue weighted by Gasteiger charge is 2.34. The van der Waals surface area contributed by atoms with E-state index in [-0.39, 0.29) is 11.8 Å². The summed E-state index contributed by atoms with van der Waals surface area (Å²) in [6, 6.07) is 7.05. The van der Waals surface area contributed by atoms with Crippen LogP contribution in [0.2, 0.25) is 0 Å². The topological polar surface area (TPSA) is 80.1 Å². The summed E-state index contributed by atoms with van der Waals surface area (Å²) < 4.78 is 1.89. The van der Waals surface area contributed by atoms with E-state index in [0.717, 1.165) is 23.6 Å². The van der Waals surface area contributed by atoms with Gasteiger partial charge in [-0.25, -0.2) is 9.97 Å². The number of aryl methyl sites for hydroxylation is 1. The van der Waals surface area contributed by atoms with E-state index in [1.54, 1.807) is 23.4 Å². The van der Waals surface area contributed by atoms with Crippen LogP contribution < -0.4 is 5.32 Å². The number of likely N-dealkylation sites (tertiary alicyclic amines) is 1. The highest BCUT2D eigenvalue weighted by atomic mass is 32.1. The van der Waals surface area contributed by atoms with Gasteiger partial charge in [0.1, 0.15) is 17.7 Å². The van der Waals surface area contributed by atoms with Gasteiger partial charge in [0.2, 0.25) is 5.91 Å². The molecule has 8 heteroatoms. The summed E-state index contributed by atoms with van der Waals surface area (Å²) in [4.78, 5) is 36.3. The number of pyridine rings is 1. The number of imidazole rings is 1. The molecule has 1 N–H and O–H groups in total. The van der Waals surface area contributed by atoms with E-state index < -0.39 is 6.04 Å². The summed E-state index contributed by atoms with van der Waals surface area (Å²) in [5, 5.41) is 4.85. The number of hydrogen-bond donors (Lipinski definition) is 1. The number of carbonyl (C=O) groups excluding carboxylic acids is 2. The molecule has 0 radical (unpaired) electrons. The van der Waals surface area contributed by atoms with Gasteiger partial charge < -0.3 is 10.2 Å². The second-order valence-electron chi connectivity index (χ2n) is 6.72. The molecule has 0 spiro atoms. The molecule has 3 aromatic rings. The van der Waals surface area contributed by atoms with Crippen LogP contribution in [-0.2, 0) is 11.3 Å². The number of carbonyl (C=O) groups is 2. The highest BCUT2D eigenvalue weighted by molar-refractivity contribution is 7.12. The lowest BCUT2D eigenvalue weighted by Gasteiger charge is -2.23. The number of nitrogens with zero attached hydrogens (tertiary/aromatic N) is 4. The Labute approximate surface area is 167 Å². The van der Waals surface area contributed by atoms with E-state index in [1.165, 1.54) is 11.3 Å². The van der Waals surface area contributed by atoms with E-state index in [2.05, 4.69) is 15.3 Å². The van der Waals surface area contributed by atoms with Crippen molar-refractivity contribution in [1.29, 1.82) is 0 Å². The molecular formula is C20H21N5O2S. The van der Waals surface area contributed by atoms with Crippen molar-refractivity contribution in [3.8, 4) is 5.82 Å². The SMILES string of the molecule is Cc1nccn1-c1cc(CNC(=O)[C@@H]2CCCN2C(=O)c2cccs2)ccn1. The first-order valence-corrected chi connectivity index (χ1v) is 10.1. The monoisotopic (exact) mass is 395 g/mol. The van der Waals surface area contributed by atoms with Gasteiger partial charge in [0, 0.05) is 31.7 Å². The van der Waals surface area contributed by atoms with Crippen LogP contribution in [0.25, 0.3) is 5.82 Å². The van der Waals surface area contributed by atoms with Gasteiger partial charge in [-0.05, 0) is 48.9 Å². The maximum atomic E-state index is 12.7. The summed E-state index contributed by atoms with van der Waals surface area (Å²) in [7, 11) is 0. The molecule has 144 valence electrons. The lowest BCUT2D eigenvalue weighted by Crippen LogP contribution is -2.45. The Bertz CT molecular complexity index is 982. The smallest absolute Gasteiger partial charge is 0.264 e. The third kappa shape index (κ3) is 3.68. The van der Waals surface area contributed by atoms with Crippen LogP contribution in [0.1, 0.15) is 33.9 Å². The number of amides is 2. The van der Waals surface area contributed by atoms with Crippen LogP contribution in [0, 0.1) is 6.92 Å². The van der Waals surface area contributed by atoms with Crippen molar-refractivity contribution in [2.45, 2.75) is 32.4 Å². The van der Waals surface area contributed by atoms with Crippen LogP contribution in [0.15, 0.2) is 48.2 Å². The molecular weight excluding hydrogens is 374 g/mol. The molecule has 1 saturated heterocycles. The maximum absolute atomic E-state index is 12.7. The van der Waals surface area contributed by atoms with Gasteiger partial charge in [-0.1, -0.05) is 6.07 Å². The summed E-state index contributed by atoms with van der Waals surface area (Å²) in [6.07, 6.45) is 6.84. The number of hydrogen-bond acceptors (Lipinski definition) is 5. The normalized spacial score (nSPS) is 16.3. The fourth-order valence-electron chi connectivity index (χ4n) is 3.45. The summed E-state index contributed by atoms with van der Waals surface area (Å²) >= 11 is 1.41. The van der Waals surface area contributed by atoms with Gasteiger partial charge in [-0.3, -0.25) is 14.2 Å². The molecule has 1 atom stereocenters. The third-order valence-corrected chi connectivity index (χ3v) is 5.76. The van der Waals surface area contributed by atoms with Crippen LogP contribution in [-0.4, -0.2) is 43.8 Å². The quantitative estimate of drug-likeness (QED) is 0.720. The maximum Gasteiger partial charge on any atom is 0.264 e. The third-order valence-electron chi connectivity index (χ3n) is 4.90. The van der Waals surface area contributed by atoms with Crippen molar-refractivity contribution in [2.75, 3.05) is 6.54 Å². The standard InChI is InChI=1S/C20H21N5O2S/c1-14-21-8-10-24(14)18-12-15(6-7-22-18)13-23-19(26)16-4-2-9-25(16)20(27)17-5-3-11-28-17/h3,5-8,10-12,16H,2,4,9,13H2,1H3,(H,23,26)/t16-/m0/s1. The molecule has 0 unspecified atom stereocenters. The van der Waals surface area contributed by atoms with E-state index in [9.17, 15) is 9.59 Å². The van der Waals surface area contributed by atoms with Gasteiger partial charge in [-0.15, -0.1) is 11.3 Å². The Kier molecular flexibility index (Phi) is 5.21. The molecule has 1 aliphatic heterocycles. The molecule has 28 heavy (non-hydrogen) atoms. The van der Waals surface area contributed by atoms with Gasteiger partial charge in [-0.2, -0.15) is 0 Å². The number of aromatic nitrogens is 3. The number of nitrogens with one attached hydrogen (secondary N) is 1. The molecule has 7 nitrogen and oxygen atoms in total. The van der Waals surface area contributed by atoms with Gasteiger partial charge in [0.05, 0.1) is 4.88 Å². The number of rotatable bonds is 5. The molecule has 3 aromatic heterocycles. The highest BCUT2D eigenvalue weighted by Crippen LogP contribution is 2.22. The van der Waals surface area contributed by atoms with Crippen molar-refractivity contribution in [3.63, 3.8) is 0 Å².